The molecule has 3 aromatic rings. The first-order valence-corrected chi connectivity index (χ1v) is 18.5. The number of hydrogen-bond donors (Lipinski definition) is 1. The number of nitrogen functional groups attached to an aromatic ring is 1. The molecule has 286 valence electrons. The van der Waals surface area contributed by atoms with Crippen molar-refractivity contribution in [1.82, 2.24) is 29.5 Å². The van der Waals surface area contributed by atoms with Gasteiger partial charge in [0.1, 0.15) is 12.4 Å². The van der Waals surface area contributed by atoms with E-state index in [1.165, 1.54) is 6.92 Å². The summed E-state index contributed by atoms with van der Waals surface area (Å²) in [6, 6.07) is 1.01. The number of aromatic nitrogens is 4. The molecule has 0 radical (unpaired) electrons. The van der Waals surface area contributed by atoms with E-state index in [9.17, 15) is 18.0 Å². The second-order valence-electron chi connectivity index (χ2n) is 15.4. The largest absolute Gasteiger partial charge is 0.461 e. The third-order valence-electron chi connectivity index (χ3n) is 11.4. The number of carbonyl (C=O) groups excluding carboxylic acids is 1. The molecule has 2 N–H and O–H groups in total. The van der Waals surface area contributed by atoms with Crippen LogP contribution >= 0.6 is 0 Å². The van der Waals surface area contributed by atoms with Gasteiger partial charge in [0, 0.05) is 62.4 Å². The fraction of sp³-hybridized carbons (Fsp3) is 0.538. The molecule has 5 aliphatic rings. The van der Waals surface area contributed by atoms with E-state index in [1.807, 2.05) is 4.68 Å². The highest BCUT2D eigenvalue weighted by Crippen LogP contribution is 2.47. The summed E-state index contributed by atoms with van der Waals surface area (Å²) in [4.78, 5) is 29.1. The molecular weight excluding hydrogens is 704 g/mol. The smallest absolute Gasteiger partial charge is 0.418 e. The molecular formula is C39H44F4N8O3. The molecule has 0 spiro atoms. The molecule has 2 atom stereocenters. The molecule has 1 amide bonds. The molecule has 2 saturated heterocycles. The Bertz CT molecular complexity index is 2100. The Hall–Kier alpha value is -4.68. The van der Waals surface area contributed by atoms with Gasteiger partial charge in [-0.1, -0.05) is 18.1 Å². The van der Waals surface area contributed by atoms with Gasteiger partial charge in [-0.3, -0.25) is 14.4 Å². The third kappa shape index (κ3) is 6.36. The number of nitrogens with two attached hydrogens (primary N) is 1. The second kappa shape index (κ2) is 13.6. The van der Waals surface area contributed by atoms with Crippen molar-refractivity contribution < 1.29 is 31.8 Å². The summed E-state index contributed by atoms with van der Waals surface area (Å²) in [6.07, 6.45) is -1.07. The summed E-state index contributed by atoms with van der Waals surface area (Å²) in [5, 5.41) is 4.80. The Morgan fingerprint density at radius 2 is 1.96 bits per heavy atom. The third-order valence-corrected chi connectivity index (χ3v) is 11.4. The molecule has 4 aliphatic heterocycles. The zero-order valence-corrected chi connectivity index (χ0v) is 30.8. The molecule has 1 aliphatic carbocycles. The van der Waals surface area contributed by atoms with Crippen molar-refractivity contribution in [2.45, 2.75) is 95.3 Å². The van der Waals surface area contributed by atoms with E-state index in [0.717, 1.165) is 68.1 Å². The van der Waals surface area contributed by atoms with Gasteiger partial charge in [-0.2, -0.15) is 28.2 Å². The molecule has 54 heavy (non-hydrogen) atoms. The number of nitrogens with zero attached hydrogens (tertiary/aromatic N) is 7. The highest BCUT2D eigenvalue weighted by Gasteiger charge is 2.47. The lowest BCUT2D eigenvalue weighted by Crippen LogP contribution is -2.43. The van der Waals surface area contributed by atoms with Crippen LogP contribution in [-0.2, 0) is 37.0 Å². The number of hydrogen-bond acceptors (Lipinski definition) is 9. The van der Waals surface area contributed by atoms with Crippen LogP contribution < -0.4 is 15.4 Å². The van der Waals surface area contributed by atoms with Crippen molar-refractivity contribution in [3.63, 3.8) is 0 Å². The Labute approximate surface area is 311 Å². The van der Waals surface area contributed by atoms with E-state index in [-0.39, 0.29) is 36.4 Å². The van der Waals surface area contributed by atoms with E-state index in [0.29, 0.717) is 55.4 Å². The van der Waals surface area contributed by atoms with Crippen LogP contribution in [0.15, 0.2) is 18.2 Å². The fourth-order valence-corrected chi connectivity index (χ4v) is 8.81. The number of benzene rings is 1. The van der Waals surface area contributed by atoms with Crippen molar-refractivity contribution in [3.8, 4) is 17.9 Å². The lowest BCUT2D eigenvalue weighted by Gasteiger charge is -2.33. The van der Waals surface area contributed by atoms with Gasteiger partial charge in [0.15, 0.2) is 11.5 Å². The maximum atomic E-state index is 15.8. The lowest BCUT2D eigenvalue weighted by atomic mass is 9.90. The van der Waals surface area contributed by atoms with Crippen molar-refractivity contribution in [3.05, 3.63) is 68.9 Å². The monoisotopic (exact) mass is 748 g/mol. The van der Waals surface area contributed by atoms with Crippen LogP contribution in [0, 0.1) is 17.7 Å². The van der Waals surface area contributed by atoms with Crippen molar-refractivity contribution in [2.75, 3.05) is 51.0 Å². The molecule has 3 fully saturated rings. The molecule has 11 nitrogen and oxygen atoms in total. The van der Waals surface area contributed by atoms with Crippen LogP contribution in [0.2, 0.25) is 0 Å². The Morgan fingerprint density at radius 3 is 2.69 bits per heavy atom. The Balaban J connectivity index is 1.21. The average Bonchev–Trinajstić information content (AvgIpc) is 3.75. The maximum absolute atomic E-state index is 15.8. The average molecular weight is 749 g/mol. The molecule has 0 bridgehead atoms. The number of rotatable bonds is 7. The molecule has 8 rings (SSSR count). The van der Waals surface area contributed by atoms with Gasteiger partial charge in [0.25, 0.3) is 5.91 Å². The van der Waals surface area contributed by atoms with E-state index >= 15 is 4.39 Å². The first-order valence-electron chi connectivity index (χ1n) is 18.5. The number of alkyl halides is 3. The van der Waals surface area contributed by atoms with Crippen molar-refractivity contribution >= 4 is 17.4 Å². The quantitative estimate of drug-likeness (QED) is 0.140. The van der Waals surface area contributed by atoms with Gasteiger partial charge in [-0.25, -0.2) is 4.39 Å². The van der Waals surface area contributed by atoms with Gasteiger partial charge in [0.05, 0.1) is 47.4 Å². The van der Waals surface area contributed by atoms with E-state index in [2.05, 4.69) is 28.2 Å². The highest BCUT2D eigenvalue weighted by molar-refractivity contribution is 5.94. The van der Waals surface area contributed by atoms with Crippen LogP contribution in [0.4, 0.5) is 29.1 Å². The van der Waals surface area contributed by atoms with Crippen LogP contribution in [-0.4, -0.2) is 81.3 Å². The number of aryl methyl sites for hydroxylation is 1. The van der Waals surface area contributed by atoms with Gasteiger partial charge >= 0.3 is 12.2 Å². The predicted molar refractivity (Wildman–Crippen MR) is 192 cm³/mol. The van der Waals surface area contributed by atoms with Gasteiger partial charge in [-0.15, -0.1) is 5.92 Å². The van der Waals surface area contributed by atoms with E-state index < -0.39 is 40.5 Å². The number of ether oxygens (including phenoxy) is 2. The summed E-state index contributed by atoms with van der Waals surface area (Å²) in [7, 11) is 3.43. The number of halogens is 4. The number of carbonyl (C=O) groups is 1. The van der Waals surface area contributed by atoms with Crippen LogP contribution in [0.1, 0.15) is 107 Å². The second-order valence-corrected chi connectivity index (χ2v) is 15.4. The topological polar surface area (TPSA) is 115 Å². The minimum atomic E-state index is -4.93. The van der Waals surface area contributed by atoms with E-state index in [4.69, 9.17) is 30.3 Å². The maximum Gasteiger partial charge on any atom is 0.418 e. The highest BCUT2D eigenvalue weighted by atomic mass is 19.4. The molecule has 1 saturated carbocycles. The number of fused-ring (bicyclic) bond motifs is 3. The first kappa shape index (κ1) is 36.3. The van der Waals surface area contributed by atoms with Crippen LogP contribution in [0.3, 0.4) is 0 Å². The summed E-state index contributed by atoms with van der Waals surface area (Å²) in [5.41, 5.74) is 7.44. The fourth-order valence-electron chi connectivity index (χ4n) is 8.81. The van der Waals surface area contributed by atoms with Crippen LogP contribution in [0.5, 0.6) is 6.01 Å². The summed E-state index contributed by atoms with van der Waals surface area (Å²) in [5.74, 6) is 4.37. The van der Waals surface area contributed by atoms with Crippen molar-refractivity contribution in [1.29, 1.82) is 0 Å². The SMILES string of the molecule is C=C1CN2CCC[C@@]2(COc2nc3c(c(N4CCCn5nc(C(=O)N(C)C)c(C6CC6)c5C4)n2)CO[C@@H](c2c(F)c(N)cc(C#CC)c2C(F)(F)F)C3)C1. The molecule has 2 aromatic heterocycles. The van der Waals surface area contributed by atoms with Crippen molar-refractivity contribution in [2.24, 2.45) is 0 Å². The molecule has 6 heterocycles. The molecule has 15 heteroatoms. The van der Waals surface area contributed by atoms with Crippen LogP contribution in [0.25, 0.3) is 0 Å². The predicted octanol–water partition coefficient (Wildman–Crippen LogP) is 5.76. The summed E-state index contributed by atoms with van der Waals surface area (Å²) < 4.78 is 74.3. The number of anilines is 2. The Morgan fingerprint density at radius 1 is 1.17 bits per heavy atom. The Kier molecular flexibility index (Phi) is 9.12. The first-order chi connectivity index (χ1) is 25.8. The zero-order valence-electron chi connectivity index (χ0n) is 30.8. The normalized spacial score (nSPS) is 22.6. The minimum Gasteiger partial charge on any atom is -0.461 e. The standard InChI is InChI=1S/C39H44F4N8O3/c1-5-8-24-15-26(44)33(40)31(32(24)39(41,42)43)29-16-27-25(20-53-29)35(46-37(45-27)54-21-38-11-6-13-50(38)18-22(2)17-38)49-12-7-14-51-28(19-49)30(23-9-10-23)34(47-51)36(52)48(3)4/h15,23,29H,2,6-7,9-14,16-21,44H2,1,3-4H3/t29-,38+/m1/s1. The van der Waals surface area contributed by atoms with Gasteiger partial charge in [-0.05, 0) is 64.0 Å². The lowest BCUT2D eigenvalue weighted by molar-refractivity contribution is -0.140. The molecule has 1 aromatic carbocycles. The summed E-state index contributed by atoms with van der Waals surface area (Å²) >= 11 is 0. The zero-order chi connectivity index (χ0) is 38.1. The number of amides is 1. The summed E-state index contributed by atoms with van der Waals surface area (Å²) in [6.45, 7) is 9.09. The molecule has 0 unspecified atom stereocenters. The van der Waals surface area contributed by atoms with E-state index in [1.54, 1.807) is 19.0 Å². The van der Waals surface area contributed by atoms with Gasteiger partial charge in [0.2, 0.25) is 0 Å². The van der Waals surface area contributed by atoms with Gasteiger partial charge < -0.3 is 25.0 Å². The minimum absolute atomic E-state index is 0.0911.